The van der Waals surface area contributed by atoms with Crippen LogP contribution in [-0.2, 0) is 17.8 Å². The Morgan fingerprint density at radius 2 is 1.90 bits per heavy atom. The second-order valence-corrected chi connectivity index (χ2v) is 10.3. The van der Waals surface area contributed by atoms with Crippen molar-refractivity contribution in [3.8, 4) is 5.75 Å². The molecule has 4 rings (SSSR count). The van der Waals surface area contributed by atoms with Crippen LogP contribution < -0.4 is 16.0 Å². The predicted molar refractivity (Wildman–Crippen MR) is 142 cm³/mol. The molecule has 1 amide bonds. The smallest absolute Gasteiger partial charge is 0.249 e. The molecule has 0 spiro atoms. The summed E-state index contributed by atoms with van der Waals surface area (Å²) in [4.78, 5) is 19.3. The molecular weight excluding hydrogens is 528 g/mol. The Labute approximate surface area is 230 Å². The van der Waals surface area contributed by atoms with Crippen LogP contribution in [-0.4, -0.2) is 47.7 Å². The van der Waals surface area contributed by atoms with E-state index in [0.29, 0.717) is 78.7 Å². The van der Waals surface area contributed by atoms with E-state index in [1.54, 1.807) is 29.9 Å². The Morgan fingerprint density at radius 1 is 1.20 bits per heavy atom. The highest BCUT2D eigenvalue weighted by Crippen LogP contribution is 2.41. The first kappa shape index (κ1) is 29.7. The summed E-state index contributed by atoms with van der Waals surface area (Å²) in [6, 6.07) is 7.23. The molecule has 7 nitrogen and oxygen atoms in total. The molecule has 40 heavy (non-hydrogen) atoms. The van der Waals surface area contributed by atoms with Gasteiger partial charge >= 0.3 is 0 Å². The van der Waals surface area contributed by atoms with Crippen LogP contribution >= 0.6 is 0 Å². The minimum Gasteiger partial charge on any atom is -0.497 e. The summed E-state index contributed by atoms with van der Waals surface area (Å²) in [6.45, 7) is 1.76. The number of carbonyl (C=O) groups excluding carboxylic acids is 1. The molecule has 1 fully saturated rings. The van der Waals surface area contributed by atoms with Gasteiger partial charge in [-0.3, -0.25) is 15.0 Å². The van der Waals surface area contributed by atoms with E-state index in [9.17, 15) is 23.2 Å². The minimum absolute atomic E-state index is 0.0401. The van der Waals surface area contributed by atoms with Crippen molar-refractivity contribution >= 4 is 16.8 Å². The second kappa shape index (κ2) is 12.9. The number of methoxy groups -OCH3 is 1. The number of alkyl halides is 1. The number of pyridine rings is 1. The normalized spacial score (nSPS) is 16.2. The van der Waals surface area contributed by atoms with Gasteiger partial charge in [-0.15, -0.1) is 0 Å². The van der Waals surface area contributed by atoms with Crippen molar-refractivity contribution in [3.05, 3.63) is 70.7 Å². The SMILES string of the molecule is COc1ccc2ncc(CN)c([C@H](F)CCC3(C(=O)NO)CCN(CCCc4cc(F)c(F)c(F)c4)CC3)c2c1. The van der Waals surface area contributed by atoms with Crippen LogP contribution in [0.1, 0.15) is 55.0 Å². The fourth-order valence-corrected chi connectivity index (χ4v) is 5.61. The highest BCUT2D eigenvalue weighted by molar-refractivity contribution is 5.85. The molecule has 4 N–H and O–H groups in total. The zero-order chi connectivity index (χ0) is 28.9. The topological polar surface area (TPSA) is 101 Å². The van der Waals surface area contributed by atoms with Crippen molar-refractivity contribution in [1.29, 1.82) is 0 Å². The number of hydrogen-bond acceptors (Lipinski definition) is 6. The van der Waals surface area contributed by atoms with Crippen LogP contribution in [0.25, 0.3) is 10.9 Å². The molecule has 1 aromatic heterocycles. The van der Waals surface area contributed by atoms with E-state index in [4.69, 9.17) is 10.5 Å². The minimum atomic E-state index is -1.48. The predicted octanol–water partition coefficient (Wildman–Crippen LogP) is 5.13. The number of nitrogens with one attached hydrogen (secondary N) is 1. The summed E-state index contributed by atoms with van der Waals surface area (Å²) >= 11 is 0. The average Bonchev–Trinajstić information content (AvgIpc) is 2.97. The zero-order valence-electron chi connectivity index (χ0n) is 22.4. The lowest BCUT2D eigenvalue weighted by molar-refractivity contribution is -0.143. The van der Waals surface area contributed by atoms with E-state index in [0.717, 1.165) is 12.1 Å². The Balaban J connectivity index is 1.41. The van der Waals surface area contributed by atoms with Gasteiger partial charge in [0.1, 0.15) is 11.9 Å². The number of rotatable bonds is 11. The number of halogens is 4. The summed E-state index contributed by atoms with van der Waals surface area (Å²) < 4.78 is 61.4. The van der Waals surface area contributed by atoms with Gasteiger partial charge in [0, 0.05) is 23.7 Å². The first-order valence-corrected chi connectivity index (χ1v) is 13.3. The summed E-state index contributed by atoms with van der Waals surface area (Å²) in [5.74, 6) is -3.88. The quantitative estimate of drug-likeness (QED) is 0.130. The number of aryl methyl sites for hydroxylation is 1. The summed E-state index contributed by atoms with van der Waals surface area (Å²) in [5, 5.41) is 10.1. The molecule has 1 aliphatic rings. The van der Waals surface area contributed by atoms with Crippen molar-refractivity contribution in [1.82, 2.24) is 15.4 Å². The van der Waals surface area contributed by atoms with Crippen LogP contribution in [0.15, 0.2) is 36.5 Å². The molecule has 0 radical (unpaired) electrons. The van der Waals surface area contributed by atoms with Crippen molar-refractivity contribution < 1.29 is 32.3 Å². The van der Waals surface area contributed by atoms with E-state index in [1.807, 2.05) is 0 Å². The van der Waals surface area contributed by atoms with Gasteiger partial charge < -0.3 is 15.4 Å². The van der Waals surface area contributed by atoms with Gasteiger partial charge in [0.05, 0.1) is 18.0 Å². The summed E-state index contributed by atoms with van der Waals surface area (Å²) in [6.07, 6.45) is 2.15. The van der Waals surface area contributed by atoms with Gasteiger partial charge in [0.15, 0.2) is 17.5 Å². The Bertz CT molecular complexity index is 1320. The van der Waals surface area contributed by atoms with Gasteiger partial charge in [-0.25, -0.2) is 23.0 Å². The first-order chi connectivity index (χ1) is 19.2. The van der Waals surface area contributed by atoms with Crippen LogP contribution in [0.2, 0.25) is 0 Å². The van der Waals surface area contributed by atoms with E-state index < -0.39 is 34.9 Å². The van der Waals surface area contributed by atoms with Gasteiger partial charge in [0.25, 0.3) is 0 Å². The number of amides is 1. The van der Waals surface area contributed by atoms with Gasteiger partial charge in [-0.1, -0.05) is 0 Å². The molecular formula is C29H34F4N4O3. The molecule has 216 valence electrons. The second-order valence-electron chi connectivity index (χ2n) is 10.3. The van der Waals surface area contributed by atoms with E-state index in [1.165, 1.54) is 7.11 Å². The Kier molecular flexibility index (Phi) is 9.60. The molecule has 0 bridgehead atoms. The zero-order valence-corrected chi connectivity index (χ0v) is 22.4. The number of ether oxygens (including phenoxy) is 1. The van der Waals surface area contributed by atoms with Gasteiger partial charge in [-0.2, -0.15) is 0 Å². The fraction of sp³-hybridized carbons (Fsp3) is 0.448. The van der Waals surface area contributed by atoms with Gasteiger partial charge in [0.2, 0.25) is 5.91 Å². The molecule has 1 aliphatic heterocycles. The van der Waals surface area contributed by atoms with Crippen molar-refractivity contribution in [2.75, 3.05) is 26.7 Å². The largest absolute Gasteiger partial charge is 0.497 e. The molecule has 3 aromatic rings. The molecule has 0 aliphatic carbocycles. The number of hydrogen-bond donors (Lipinski definition) is 3. The van der Waals surface area contributed by atoms with Crippen molar-refractivity contribution in [2.45, 2.75) is 51.2 Å². The number of aromatic nitrogens is 1. The maximum Gasteiger partial charge on any atom is 0.249 e. The molecule has 0 saturated carbocycles. The third kappa shape index (κ3) is 6.37. The number of fused-ring (bicyclic) bond motifs is 1. The highest BCUT2D eigenvalue weighted by atomic mass is 19.2. The van der Waals surface area contributed by atoms with Crippen LogP contribution in [0.4, 0.5) is 17.6 Å². The van der Waals surface area contributed by atoms with Crippen molar-refractivity contribution in [3.63, 3.8) is 0 Å². The third-order valence-electron chi connectivity index (χ3n) is 7.99. The number of piperidine rings is 1. The maximum absolute atomic E-state index is 15.9. The maximum atomic E-state index is 15.9. The molecule has 11 heteroatoms. The lowest BCUT2D eigenvalue weighted by atomic mass is 9.73. The first-order valence-electron chi connectivity index (χ1n) is 13.3. The lowest BCUT2D eigenvalue weighted by Crippen LogP contribution is -2.48. The average molecular weight is 563 g/mol. The summed E-state index contributed by atoms with van der Waals surface area (Å²) in [7, 11) is 1.53. The third-order valence-corrected chi connectivity index (χ3v) is 7.99. The number of carbonyl (C=O) groups is 1. The molecule has 1 atom stereocenters. The van der Waals surface area contributed by atoms with Crippen LogP contribution in [0, 0.1) is 22.9 Å². The van der Waals surface area contributed by atoms with Gasteiger partial charge in [-0.05, 0) is 99.6 Å². The molecule has 0 unspecified atom stereocenters. The van der Waals surface area contributed by atoms with Crippen molar-refractivity contribution in [2.24, 2.45) is 11.1 Å². The van der Waals surface area contributed by atoms with E-state index in [-0.39, 0.29) is 19.4 Å². The van der Waals surface area contributed by atoms with E-state index in [2.05, 4.69) is 9.88 Å². The number of hydroxylamine groups is 1. The van der Waals surface area contributed by atoms with Crippen LogP contribution in [0.5, 0.6) is 5.75 Å². The van der Waals surface area contributed by atoms with E-state index >= 15 is 4.39 Å². The number of benzene rings is 2. The number of nitrogens with zero attached hydrogens (tertiary/aromatic N) is 2. The highest BCUT2D eigenvalue weighted by Gasteiger charge is 2.41. The lowest BCUT2D eigenvalue weighted by Gasteiger charge is -2.40. The Morgan fingerprint density at radius 3 is 2.52 bits per heavy atom. The standard InChI is InChI=1S/C29H34F4N4O3/c1-40-20-4-5-25-21(15-20)26(19(16-34)17-35-25)22(30)6-7-29(28(38)36-39)8-11-37(12-9-29)10-2-3-18-13-23(31)27(33)24(32)14-18/h4-5,13-15,17,22,39H,2-3,6-12,16,34H2,1H3,(H,36,38)/t22-/m1/s1. The Hall–Kier alpha value is -3.28. The molecule has 2 aromatic carbocycles. The number of nitrogens with two attached hydrogens (primary N) is 1. The molecule has 2 heterocycles. The monoisotopic (exact) mass is 562 g/mol. The fourth-order valence-electron chi connectivity index (χ4n) is 5.61. The van der Waals surface area contributed by atoms with Crippen LogP contribution in [0.3, 0.4) is 0 Å². The molecule has 1 saturated heterocycles. The summed E-state index contributed by atoms with van der Waals surface area (Å²) in [5.41, 5.74) is 8.70. The number of likely N-dealkylation sites (tertiary alicyclic amines) is 1.